The van der Waals surface area contributed by atoms with Crippen molar-refractivity contribution in [3.8, 4) is 0 Å². The zero-order valence-electron chi connectivity index (χ0n) is 9.71. The largest absolute Gasteiger partial charge is 0.324 e. The highest BCUT2D eigenvalue weighted by atomic mass is 15.4. The molecule has 0 aromatic heterocycles. The van der Waals surface area contributed by atoms with E-state index >= 15 is 0 Å². The summed E-state index contributed by atoms with van der Waals surface area (Å²) in [7, 11) is 4.70. The van der Waals surface area contributed by atoms with Crippen LogP contribution in [0.25, 0.3) is 0 Å². The maximum Gasteiger partial charge on any atom is 0.0986 e. The van der Waals surface area contributed by atoms with Crippen LogP contribution in [0.15, 0.2) is 0 Å². The summed E-state index contributed by atoms with van der Waals surface area (Å²) in [5.74, 6) is 0. The van der Waals surface area contributed by atoms with Crippen LogP contribution in [0.4, 0.5) is 0 Å². The number of hydrogen-bond acceptors (Lipinski definition) is 1. The molecule has 1 fully saturated rings. The first-order chi connectivity index (χ1) is 6.06. The van der Waals surface area contributed by atoms with Gasteiger partial charge in [0.25, 0.3) is 0 Å². The SMILES string of the molecule is CCCCN1CC[N+](C)(C)C(C)C1. The average molecular weight is 185 g/mol. The fourth-order valence-electron chi connectivity index (χ4n) is 1.89. The second kappa shape index (κ2) is 4.43. The number of unbranched alkanes of at least 4 members (excludes halogenated alkanes) is 1. The summed E-state index contributed by atoms with van der Waals surface area (Å²) in [6.07, 6.45) is 2.68. The molecule has 78 valence electrons. The summed E-state index contributed by atoms with van der Waals surface area (Å²) >= 11 is 0. The molecule has 0 N–H and O–H groups in total. The van der Waals surface area contributed by atoms with Gasteiger partial charge in [0.15, 0.2) is 0 Å². The molecule has 13 heavy (non-hydrogen) atoms. The molecule has 1 heterocycles. The molecule has 1 rings (SSSR count). The van der Waals surface area contributed by atoms with Crippen LogP contribution in [-0.4, -0.2) is 55.7 Å². The molecule has 0 amide bonds. The van der Waals surface area contributed by atoms with Crippen LogP contribution < -0.4 is 0 Å². The molecule has 1 aliphatic heterocycles. The van der Waals surface area contributed by atoms with Crippen molar-refractivity contribution < 1.29 is 4.48 Å². The van der Waals surface area contributed by atoms with E-state index in [2.05, 4.69) is 32.8 Å². The molecule has 0 radical (unpaired) electrons. The minimum atomic E-state index is 0.797. The van der Waals surface area contributed by atoms with Crippen LogP contribution in [0, 0.1) is 0 Å². The van der Waals surface area contributed by atoms with Gasteiger partial charge in [-0.2, -0.15) is 0 Å². The van der Waals surface area contributed by atoms with E-state index in [1.807, 2.05) is 0 Å². The first-order valence-corrected chi connectivity index (χ1v) is 5.61. The predicted molar refractivity (Wildman–Crippen MR) is 57.8 cm³/mol. The quantitative estimate of drug-likeness (QED) is 0.603. The van der Waals surface area contributed by atoms with Gasteiger partial charge in [0.2, 0.25) is 0 Å². The summed E-state index contributed by atoms with van der Waals surface area (Å²) < 4.78 is 1.20. The fraction of sp³-hybridized carbons (Fsp3) is 1.00. The Morgan fingerprint density at radius 3 is 2.62 bits per heavy atom. The van der Waals surface area contributed by atoms with Gasteiger partial charge in [-0.1, -0.05) is 13.3 Å². The third-order valence-electron chi connectivity index (χ3n) is 3.54. The molecular formula is C11H25N2+. The summed E-state index contributed by atoms with van der Waals surface area (Å²) in [5.41, 5.74) is 0. The lowest BCUT2D eigenvalue weighted by molar-refractivity contribution is -0.917. The van der Waals surface area contributed by atoms with E-state index in [0.29, 0.717) is 0 Å². The Kier molecular flexibility index (Phi) is 3.74. The Balaban J connectivity index is 2.33. The average Bonchev–Trinajstić information content (AvgIpc) is 2.07. The van der Waals surface area contributed by atoms with Gasteiger partial charge in [-0.25, -0.2) is 0 Å². The van der Waals surface area contributed by atoms with E-state index in [1.165, 1.54) is 43.5 Å². The number of likely N-dealkylation sites (N-methyl/N-ethyl adjacent to an activating group) is 1. The molecule has 0 bridgehead atoms. The molecule has 0 aliphatic carbocycles. The van der Waals surface area contributed by atoms with Crippen LogP contribution in [-0.2, 0) is 0 Å². The van der Waals surface area contributed by atoms with Gasteiger partial charge in [-0.3, -0.25) is 4.90 Å². The standard InChI is InChI=1S/C11H25N2/c1-5-6-7-12-8-9-13(3,4)11(2)10-12/h11H,5-10H2,1-4H3/q+1. The normalized spacial score (nSPS) is 29.1. The van der Waals surface area contributed by atoms with Crippen LogP contribution in [0.2, 0.25) is 0 Å². The van der Waals surface area contributed by atoms with Crippen LogP contribution in [0.1, 0.15) is 26.7 Å². The number of quaternary nitrogens is 1. The molecular weight excluding hydrogens is 160 g/mol. The van der Waals surface area contributed by atoms with E-state index in [9.17, 15) is 0 Å². The maximum atomic E-state index is 2.62. The molecule has 0 saturated carbocycles. The third kappa shape index (κ3) is 2.96. The van der Waals surface area contributed by atoms with E-state index in [4.69, 9.17) is 0 Å². The lowest BCUT2D eigenvalue weighted by Crippen LogP contribution is -2.60. The second-order valence-corrected chi connectivity index (χ2v) is 5.01. The lowest BCUT2D eigenvalue weighted by Gasteiger charge is -2.44. The zero-order chi connectivity index (χ0) is 9.90. The highest BCUT2D eigenvalue weighted by Crippen LogP contribution is 2.14. The Morgan fingerprint density at radius 2 is 2.08 bits per heavy atom. The van der Waals surface area contributed by atoms with Gasteiger partial charge >= 0.3 is 0 Å². The molecule has 2 heteroatoms. The first kappa shape index (κ1) is 11.0. The van der Waals surface area contributed by atoms with Crippen molar-refractivity contribution in [2.24, 2.45) is 0 Å². The van der Waals surface area contributed by atoms with Gasteiger partial charge in [-0.15, -0.1) is 0 Å². The molecule has 0 aromatic rings. The summed E-state index contributed by atoms with van der Waals surface area (Å²) in [6.45, 7) is 9.83. The van der Waals surface area contributed by atoms with Gasteiger partial charge < -0.3 is 4.48 Å². The van der Waals surface area contributed by atoms with Gasteiger partial charge in [-0.05, 0) is 19.9 Å². The molecule has 0 aromatic carbocycles. The van der Waals surface area contributed by atoms with Crippen molar-refractivity contribution >= 4 is 0 Å². The van der Waals surface area contributed by atoms with Gasteiger partial charge in [0, 0.05) is 6.54 Å². The zero-order valence-corrected chi connectivity index (χ0v) is 9.71. The highest BCUT2D eigenvalue weighted by molar-refractivity contribution is 4.68. The molecule has 1 unspecified atom stereocenters. The topological polar surface area (TPSA) is 3.24 Å². The lowest BCUT2D eigenvalue weighted by atomic mass is 10.1. The van der Waals surface area contributed by atoms with Crippen molar-refractivity contribution in [3.05, 3.63) is 0 Å². The molecule has 1 saturated heterocycles. The minimum absolute atomic E-state index is 0.797. The highest BCUT2D eigenvalue weighted by Gasteiger charge is 2.30. The Hall–Kier alpha value is -0.0800. The van der Waals surface area contributed by atoms with Gasteiger partial charge in [0.05, 0.1) is 33.2 Å². The van der Waals surface area contributed by atoms with E-state index < -0.39 is 0 Å². The van der Waals surface area contributed by atoms with Crippen LogP contribution >= 0.6 is 0 Å². The number of hydrogen-bond donors (Lipinski definition) is 0. The molecule has 0 spiro atoms. The van der Waals surface area contributed by atoms with E-state index in [0.717, 1.165) is 6.04 Å². The summed E-state index contributed by atoms with van der Waals surface area (Å²) in [4.78, 5) is 2.62. The fourth-order valence-corrected chi connectivity index (χ4v) is 1.89. The maximum absolute atomic E-state index is 2.62. The predicted octanol–water partition coefficient (Wildman–Crippen LogP) is 1.57. The number of nitrogens with zero attached hydrogens (tertiary/aromatic N) is 2. The van der Waals surface area contributed by atoms with E-state index in [-0.39, 0.29) is 0 Å². The Morgan fingerprint density at radius 1 is 1.38 bits per heavy atom. The smallest absolute Gasteiger partial charge is 0.0986 e. The number of rotatable bonds is 3. The summed E-state index contributed by atoms with van der Waals surface area (Å²) in [5, 5.41) is 0. The summed E-state index contributed by atoms with van der Waals surface area (Å²) in [6, 6.07) is 0.797. The monoisotopic (exact) mass is 185 g/mol. The molecule has 1 atom stereocenters. The van der Waals surface area contributed by atoms with Crippen LogP contribution in [0.3, 0.4) is 0 Å². The second-order valence-electron chi connectivity index (χ2n) is 5.01. The van der Waals surface area contributed by atoms with Gasteiger partial charge in [0.1, 0.15) is 0 Å². The van der Waals surface area contributed by atoms with Crippen LogP contribution in [0.5, 0.6) is 0 Å². The number of piperazine rings is 1. The molecule has 1 aliphatic rings. The molecule has 2 nitrogen and oxygen atoms in total. The van der Waals surface area contributed by atoms with Crippen molar-refractivity contribution in [1.82, 2.24) is 4.90 Å². The Bertz CT molecular complexity index is 154. The van der Waals surface area contributed by atoms with Crippen molar-refractivity contribution in [2.75, 3.05) is 40.3 Å². The van der Waals surface area contributed by atoms with Crippen molar-refractivity contribution in [2.45, 2.75) is 32.7 Å². The van der Waals surface area contributed by atoms with E-state index in [1.54, 1.807) is 0 Å². The Labute approximate surface area is 83.1 Å². The minimum Gasteiger partial charge on any atom is -0.324 e. The third-order valence-corrected chi connectivity index (χ3v) is 3.54. The first-order valence-electron chi connectivity index (χ1n) is 5.61. The van der Waals surface area contributed by atoms with Crippen molar-refractivity contribution in [1.29, 1.82) is 0 Å². The van der Waals surface area contributed by atoms with Crippen molar-refractivity contribution in [3.63, 3.8) is 0 Å².